The third kappa shape index (κ3) is 2.73. The van der Waals surface area contributed by atoms with Crippen molar-refractivity contribution in [2.24, 2.45) is 14.1 Å². The summed E-state index contributed by atoms with van der Waals surface area (Å²) in [5.74, 6) is -0.290. The van der Waals surface area contributed by atoms with E-state index in [-0.39, 0.29) is 23.3 Å². The second kappa shape index (κ2) is 6.20. The molecule has 3 rings (SSSR count). The minimum atomic E-state index is -0.464. The predicted molar refractivity (Wildman–Crippen MR) is 90.3 cm³/mol. The molecular formula is C16H21N5O3. The molecule has 1 fully saturated rings. The number of carbonyl (C=O) groups excluding carboxylic acids is 1. The van der Waals surface area contributed by atoms with Crippen LogP contribution in [0.5, 0.6) is 0 Å². The van der Waals surface area contributed by atoms with Crippen molar-refractivity contribution in [2.75, 3.05) is 13.1 Å². The highest BCUT2D eigenvalue weighted by Gasteiger charge is 2.20. The van der Waals surface area contributed by atoms with Crippen LogP contribution in [0.2, 0.25) is 0 Å². The first-order valence-electron chi connectivity index (χ1n) is 7.99. The summed E-state index contributed by atoms with van der Waals surface area (Å²) in [6, 6.07) is 1.66. The van der Waals surface area contributed by atoms with E-state index in [4.69, 9.17) is 0 Å². The fourth-order valence-electron chi connectivity index (χ4n) is 3.08. The predicted octanol–water partition coefficient (Wildman–Crippen LogP) is -0.578. The van der Waals surface area contributed by atoms with Crippen molar-refractivity contribution in [1.82, 2.24) is 24.8 Å². The number of amides is 1. The van der Waals surface area contributed by atoms with E-state index in [0.29, 0.717) is 10.9 Å². The van der Waals surface area contributed by atoms with Crippen LogP contribution in [0, 0.1) is 6.92 Å². The number of nitrogens with zero attached hydrogens (tertiary/aromatic N) is 3. The summed E-state index contributed by atoms with van der Waals surface area (Å²) in [5.41, 5.74) is 0.210. The van der Waals surface area contributed by atoms with Crippen molar-refractivity contribution in [3.63, 3.8) is 0 Å². The third-order valence-corrected chi connectivity index (χ3v) is 4.47. The number of nitrogens with one attached hydrogen (secondary N) is 2. The molecule has 0 unspecified atom stereocenters. The first-order valence-corrected chi connectivity index (χ1v) is 7.99. The SMILES string of the molecule is Cc1cc(C(=O)N[C@H]2CCCNC2)nc2c1c(=O)n(C)c(=O)n2C. The normalized spacial score (nSPS) is 17.9. The Bertz CT molecular complexity index is 922. The molecule has 0 bridgehead atoms. The highest BCUT2D eigenvalue weighted by molar-refractivity contribution is 5.95. The molecule has 2 N–H and O–H groups in total. The standard InChI is InChI=1S/C16H21N5O3/c1-9-7-11(14(22)18-10-5-4-6-17-8-10)19-13-12(9)15(23)21(3)16(24)20(13)2/h7,10,17H,4-6,8H2,1-3H3,(H,18,22)/t10-/m0/s1. The van der Waals surface area contributed by atoms with Gasteiger partial charge in [-0.3, -0.25) is 18.7 Å². The highest BCUT2D eigenvalue weighted by Crippen LogP contribution is 2.13. The molecular weight excluding hydrogens is 310 g/mol. The maximum absolute atomic E-state index is 12.5. The quantitative estimate of drug-likeness (QED) is 0.767. The number of fused-ring (bicyclic) bond motifs is 1. The first kappa shape index (κ1) is 16.4. The Balaban J connectivity index is 2.06. The van der Waals surface area contributed by atoms with E-state index in [1.54, 1.807) is 20.0 Å². The van der Waals surface area contributed by atoms with Crippen molar-refractivity contribution < 1.29 is 4.79 Å². The minimum Gasteiger partial charge on any atom is -0.347 e. The molecule has 3 heterocycles. The average molecular weight is 331 g/mol. The lowest BCUT2D eigenvalue weighted by Crippen LogP contribution is -2.46. The second-order valence-electron chi connectivity index (χ2n) is 6.25. The Morgan fingerprint density at radius 3 is 2.75 bits per heavy atom. The smallest absolute Gasteiger partial charge is 0.332 e. The van der Waals surface area contributed by atoms with Crippen LogP contribution in [-0.4, -0.2) is 39.2 Å². The monoisotopic (exact) mass is 331 g/mol. The molecule has 0 radical (unpaired) electrons. The molecule has 8 nitrogen and oxygen atoms in total. The van der Waals surface area contributed by atoms with Crippen LogP contribution < -0.4 is 21.9 Å². The van der Waals surface area contributed by atoms with E-state index >= 15 is 0 Å². The molecule has 0 saturated carbocycles. The Morgan fingerprint density at radius 1 is 1.33 bits per heavy atom. The van der Waals surface area contributed by atoms with Crippen molar-refractivity contribution in [3.05, 3.63) is 38.2 Å². The molecule has 0 spiro atoms. The van der Waals surface area contributed by atoms with E-state index in [2.05, 4.69) is 15.6 Å². The number of aromatic nitrogens is 3. The number of hydrogen-bond donors (Lipinski definition) is 2. The van der Waals surface area contributed by atoms with Gasteiger partial charge in [-0.15, -0.1) is 0 Å². The molecule has 2 aromatic heterocycles. The number of rotatable bonds is 2. The lowest BCUT2D eigenvalue weighted by atomic mass is 10.1. The summed E-state index contributed by atoms with van der Waals surface area (Å²) in [6.45, 7) is 3.44. The molecule has 0 aliphatic carbocycles. The van der Waals surface area contributed by atoms with Gasteiger partial charge in [-0.2, -0.15) is 0 Å². The molecule has 1 atom stereocenters. The fourth-order valence-corrected chi connectivity index (χ4v) is 3.08. The van der Waals surface area contributed by atoms with Gasteiger partial charge in [-0.25, -0.2) is 9.78 Å². The van der Waals surface area contributed by atoms with Gasteiger partial charge in [0.05, 0.1) is 5.39 Å². The Labute approximate surface area is 138 Å². The molecule has 1 saturated heterocycles. The van der Waals surface area contributed by atoms with Crippen LogP contribution >= 0.6 is 0 Å². The lowest BCUT2D eigenvalue weighted by Gasteiger charge is -2.23. The molecule has 1 aliphatic heterocycles. The topological polar surface area (TPSA) is 98.0 Å². The van der Waals surface area contributed by atoms with Gasteiger partial charge in [-0.1, -0.05) is 0 Å². The molecule has 0 aromatic carbocycles. The van der Waals surface area contributed by atoms with E-state index in [1.807, 2.05) is 0 Å². The molecule has 1 aliphatic rings. The van der Waals surface area contributed by atoms with Crippen molar-refractivity contribution in [2.45, 2.75) is 25.8 Å². The number of carbonyl (C=O) groups is 1. The molecule has 128 valence electrons. The number of pyridine rings is 1. The Morgan fingerprint density at radius 2 is 2.08 bits per heavy atom. The average Bonchev–Trinajstić information content (AvgIpc) is 2.58. The van der Waals surface area contributed by atoms with Gasteiger partial charge < -0.3 is 10.6 Å². The first-order chi connectivity index (χ1) is 11.4. The van der Waals surface area contributed by atoms with Crippen LogP contribution in [0.15, 0.2) is 15.7 Å². The van der Waals surface area contributed by atoms with Gasteiger partial charge in [0.25, 0.3) is 11.5 Å². The summed E-state index contributed by atoms with van der Waals surface area (Å²) in [6.07, 6.45) is 1.93. The van der Waals surface area contributed by atoms with Crippen molar-refractivity contribution >= 4 is 16.9 Å². The highest BCUT2D eigenvalue weighted by atomic mass is 16.2. The maximum atomic E-state index is 12.5. The second-order valence-corrected chi connectivity index (χ2v) is 6.25. The van der Waals surface area contributed by atoms with Crippen molar-refractivity contribution in [1.29, 1.82) is 0 Å². The zero-order valence-corrected chi connectivity index (χ0v) is 14.0. The van der Waals surface area contributed by atoms with Gasteiger partial charge in [-0.05, 0) is 37.9 Å². The minimum absolute atomic E-state index is 0.0662. The van der Waals surface area contributed by atoms with Crippen LogP contribution in [0.1, 0.15) is 28.9 Å². The molecule has 2 aromatic rings. The van der Waals surface area contributed by atoms with Crippen molar-refractivity contribution in [3.8, 4) is 0 Å². The Kier molecular flexibility index (Phi) is 4.23. The lowest BCUT2D eigenvalue weighted by molar-refractivity contribution is 0.0926. The zero-order chi connectivity index (χ0) is 17.4. The molecule has 24 heavy (non-hydrogen) atoms. The summed E-state index contributed by atoms with van der Waals surface area (Å²) >= 11 is 0. The van der Waals surface area contributed by atoms with E-state index in [1.165, 1.54) is 11.6 Å². The number of aryl methyl sites for hydroxylation is 2. The van der Waals surface area contributed by atoms with Crippen LogP contribution in [-0.2, 0) is 14.1 Å². The Hall–Kier alpha value is -2.48. The van der Waals surface area contributed by atoms with Gasteiger partial charge in [0.15, 0.2) is 0 Å². The van der Waals surface area contributed by atoms with Crippen LogP contribution in [0.4, 0.5) is 0 Å². The third-order valence-electron chi connectivity index (χ3n) is 4.47. The maximum Gasteiger partial charge on any atom is 0.332 e. The molecule has 8 heteroatoms. The van der Waals surface area contributed by atoms with Gasteiger partial charge in [0.1, 0.15) is 11.3 Å². The largest absolute Gasteiger partial charge is 0.347 e. The number of hydrogen-bond acceptors (Lipinski definition) is 5. The number of piperidine rings is 1. The van der Waals surface area contributed by atoms with Gasteiger partial charge in [0, 0.05) is 26.7 Å². The summed E-state index contributed by atoms with van der Waals surface area (Å²) in [7, 11) is 2.98. The van der Waals surface area contributed by atoms with E-state index in [0.717, 1.165) is 30.5 Å². The molecule has 1 amide bonds. The summed E-state index contributed by atoms with van der Waals surface area (Å²) in [4.78, 5) is 41.2. The summed E-state index contributed by atoms with van der Waals surface area (Å²) < 4.78 is 2.34. The van der Waals surface area contributed by atoms with Gasteiger partial charge in [0.2, 0.25) is 0 Å². The summed E-state index contributed by atoms with van der Waals surface area (Å²) in [5, 5.41) is 6.55. The van der Waals surface area contributed by atoms with Crippen LogP contribution in [0.3, 0.4) is 0 Å². The van der Waals surface area contributed by atoms with E-state index < -0.39 is 11.2 Å². The van der Waals surface area contributed by atoms with Gasteiger partial charge >= 0.3 is 5.69 Å². The fraction of sp³-hybridized carbons (Fsp3) is 0.500. The van der Waals surface area contributed by atoms with E-state index in [9.17, 15) is 14.4 Å². The van der Waals surface area contributed by atoms with Crippen LogP contribution in [0.25, 0.3) is 11.0 Å². The zero-order valence-electron chi connectivity index (χ0n) is 14.0.